The van der Waals surface area contributed by atoms with Gasteiger partial charge in [0.05, 0.1) is 0 Å². The highest BCUT2D eigenvalue weighted by atomic mass is 16.5. The van der Waals surface area contributed by atoms with Gasteiger partial charge in [-0.2, -0.15) is 0 Å². The van der Waals surface area contributed by atoms with Crippen LogP contribution in [0.1, 0.15) is 18.1 Å². The number of rotatable bonds is 2. The Morgan fingerprint density at radius 2 is 1.86 bits per heavy atom. The third-order valence-corrected chi connectivity index (χ3v) is 1.83. The molecule has 0 N–H and O–H groups in total. The van der Waals surface area contributed by atoms with Crippen LogP contribution >= 0.6 is 0 Å². The van der Waals surface area contributed by atoms with E-state index < -0.39 is 11.8 Å². The normalized spacial score (nSPS) is 9.64. The SMILES string of the molecule is CC(=O)C(=O)Oc1cc(C)ccc1C. The smallest absolute Gasteiger partial charge is 0.379 e. The Morgan fingerprint density at radius 3 is 2.43 bits per heavy atom. The van der Waals surface area contributed by atoms with Crippen LogP contribution in [0, 0.1) is 13.8 Å². The third kappa shape index (κ3) is 2.42. The van der Waals surface area contributed by atoms with Gasteiger partial charge in [-0.05, 0) is 31.0 Å². The summed E-state index contributed by atoms with van der Waals surface area (Å²) in [6, 6.07) is 5.49. The second-order valence-corrected chi connectivity index (χ2v) is 3.21. The first-order chi connectivity index (χ1) is 6.50. The molecule has 0 heterocycles. The molecular formula is C11H12O3. The molecule has 3 nitrogen and oxygen atoms in total. The molecule has 0 aliphatic carbocycles. The fourth-order valence-electron chi connectivity index (χ4n) is 0.989. The number of aryl methyl sites for hydroxylation is 2. The Kier molecular flexibility index (Phi) is 3.02. The van der Waals surface area contributed by atoms with E-state index >= 15 is 0 Å². The van der Waals surface area contributed by atoms with E-state index in [2.05, 4.69) is 0 Å². The number of hydrogen-bond acceptors (Lipinski definition) is 3. The number of hydrogen-bond donors (Lipinski definition) is 0. The lowest BCUT2D eigenvalue weighted by Gasteiger charge is -2.06. The van der Waals surface area contributed by atoms with E-state index in [4.69, 9.17) is 4.74 Å². The minimum Gasteiger partial charge on any atom is -0.421 e. The molecule has 0 amide bonds. The minimum absolute atomic E-state index is 0.449. The van der Waals surface area contributed by atoms with E-state index in [9.17, 15) is 9.59 Å². The molecule has 1 aromatic carbocycles. The molecule has 3 heteroatoms. The van der Waals surface area contributed by atoms with Crippen LogP contribution in [-0.4, -0.2) is 11.8 Å². The lowest BCUT2D eigenvalue weighted by atomic mass is 10.1. The van der Waals surface area contributed by atoms with E-state index in [1.807, 2.05) is 26.0 Å². The van der Waals surface area contributed by atoms with Gasteiger partial charge in [0.2, 0.25) is 5.78 Å². The average Bonchev–Trinajstić information content (AvgIpc) is 2.11. The van der Waals surface area contributed by atoms with Gasteiger partial charge in [0, 0.05) is 6.92 Å². The minimum atomic E-state index is -0.821. The molecule has 0 aromatic heterocycles. The Bertz CT molecular complexity index is 380. The summed E-state index contributed by atoms with van der Waals surface area (Å²) in [5, 5.41) is 0. The molecule has 1 aromatic rings. The van der Waals surface area contributed by atoms with Gasteiger partial charge in [-0.25, -0.2) is 4.79 Å². The van der Waals surface area contributed by atoms with Gasteiger partial charge in [0.15, 0.2) is 0 Å². The fraction of sp³-hybridized carbons (Fsp3) is 0.273. The van der Waals surface area contributed by atoms with Crippen LogP contribution in [0.15, 0.2) is 18.2 Å². The van der Waals surface area contributed by atoms with Crippen molar-refractivity contribution in [2.75, 3.05) is 0 Å². The Hall–Kier alpha value is -1.64. The molecule has 14 heavy (non-hydrogen) atoms. The number of esters is 1. The maximum Gasteiger partial charge on any atom is 0.379 e. The molecule has 0 saturated heterocycles. The first-order valence-electron chi connectivity index (χ1n) is 4.30. The monoisotopic (exact) mass is 192 g/mol. The molecule has 74 valence electrons. The van der Waals surface area contributed by atoms with Crippen LogP contribution in [0.3, 0.4) is 0 Å². The average molecular weight is 192 g/mol. The van der Waals surface area contributed by atoms with Crippen molar-refractivity contribution in [3.05, 3.63) is 29.3 Å². The van der Waals surface area contributed by atoms with E-state index in [1.54, 1.807) is 6.07 Å². The molecular weight excluding hydrogens is 180 g/mol. The number of ketones is 1. The quantitative estimate of drug-likeness (QED) is 0.407. The summed E-state index contributed by atoms with van der Waals surface area (Å²) in [6.07, 6.45) is 0. The highest BCUT2D eigenvalue weighted by molar-refractivity contribution is 6.33. The Labute approximate surface area is 82.7 Å². The van der Waals surface area contributed by atoms with Gasteiger partial charge < -0.3 is 4.74 Å². The fourth-order valence-corrected chi connectivity index (χ4v) is 0.989. The summed E-state index contributed by atoms with van der Waals surface area (Å²) in [5.74, 6) is -0.963. The van der Waals surface area contributed by atoms with Gasteiger partial charge in [-0.15, -0.1) is 0 Å². The van der Waals surface area contributed by atoms with Gasteiger partial charge in [-0.3, -0.25) is 4.79 Å². The van der Waals surface area contributed by atoms with Crippen LogP contribution in [0.5, 0.6) is 5.75 Å². The molecule has 0 spiro atoms. The van der Waals surface area contributed by atoms with Crippen molar-refractivity contribution < 1.29 is 14.3 Å². The zero-order valence-electron chi connectivity index (χ0n) is 8.46. The first-order valence-corrected chi connectivity index (χ1v) is 4.30. The number of benzene rings is 1. The van der Waals surface area contributed by atoms with Crippen molar-refractivity contribution in [1.82, 2.24) is 0 Å². The summed E-state index contributed by atoms with van der Waals surface area (Å²) >= 11 is 0. The number of carbonyl (C=O) groups is 2. The van der Waals surface area contributed by atoms with Crippen LogP contribution in [0.25, 0.3) is 0 Å². The highest BCUT2D eigenvalue weighted by Crippen LogP contribution is 2.19. The van der Waals surface area contributed by atoms with Crippen molar-refractivity contribution in [2.24, 2.45) is 0 Å². The maximum absolute atomic E-state index is 11.0. The molecule has 0 atom stereocenters. The number of Topliss-reactive ketones (excluding diaryl/α,β-unsaturated/α-hetero) is 1. The second-order valence-electron chi connectivity index (χ2n) is 3.21. The van der Waals surface area contributed by atoms with Crippen molar-refractivity contribution in [2.45, 2.75) is 20.8 Å². The van der Waals surface area contributed by atoms with E-state index in [0.717, 1.165) is 11.1 Å². The predicted octanol–water partition coefficient (Wildman–Crippen LogP) is 1.80. The zero-order valence-corrected chi connectivity index (χ0v) is 8.46. The van der Waals surface area contributed by atoms with Gasteiger partial charge in [0.25, 0.3) is 0 Å². The number of ether oxygens (including phenoxy) is 1. The summed E-state index contributed by atoms with van der Waals surface area (Å²) in [4.78, 5) is 21.7. The summed E-state index contributed by atoms with van der Waals surface area (Å²) in [6.45, 7) is 4.90. The van der Waals surface area contributed by atoms with Gasteiger partial charge >= 0.3 is 5.97 Å². The van der Waals surface area contributed by atoms with Crippen LogP contribution < -0.4 is 4.74 Å². The van der Waals surface area contributed by atoms with Crippen LogP contribution in [-0.2, 0) is 9.59 Å². The molecule has 0 saturated carbocycles. The molecule has 0 fully saturated rings. The Morgan fingerprint density at radius 1 is 1.21 bits per heavy atom. The summed E-state index contributed by atoms with van der Waals surface area (Å²) < 4.78 is 4.90. The Balaban J connectivity index is 2.91. The maximum atomic E-state index is 11.0. The van der Waals surface area contributed by atoms with Crippen LogP contribution in [0.4, 0.5) is 0 Å². The standard InChI is InChI=1S/C11H12O3/c1-7-4-5-8(2)10(6-7)14-11(13)9(3)12/h4-6H,1-3H3. The van der Waals surface area contributed by atoms with Crippen LogP contribution in [0.2, 0.25) is 0 Å². The summed E-state index contributed by atoms with van der Waals surface area (Å²) in [7, 11) is 0. The van der Waals surface area contributed by atoms with E-state index in [-0.39, 0.29) is 0 Å². The highest BCUT2D eigenvalue weighted by Gasteiger charge is 2.11. The lowest BCUT2D eigenvalue weighted by Crippen LogP contribution is -2.17. The molecule has 0 aliphatic rings. The van der Waals surface area contributed by atoms with Crippen molar-refractivity contribution in [1.29, 1.82) is 0 Å². The van der Waals surface area contributed by atoms with Gasteiger partial charge in [-0.1, -0.05) is 12.1 Å². The molecule has 0 aliphatic heterocycles. The van der Waals surface area contributed by atoms with Crippen molar-refractivity contribution in [3.63, 3.8) is 0 Å². The second kappa shape index (κ2) is 4.05. The number of carbonyl (C=O) groups excluding carboxylic acids is 2. The predicted molar refractivity (Wildman–Crippen MR) is 52.2 cm³/mol. The lowest BCUT2D eigenvalue weighted by molar-refractivity contribution is -0.146. The van der Waals surface area contributed by atoms with Crippen molar-refractivity contribution in [3.8, 4) is 5.75 Å². The summed E-state index contributed by atoms with van der Waals surface area (Å²) in [5.41, 5.74) is 1.83. The zero-order chi connectivity index (χ0) is 10.7. The molecule has 0 radical (unpaired) electrons. The van der Waals surface area contributed by atoms with Gasteiger partial charge in [0.1, 0.15) is 5.75 Å². The third-order valence-electron chi connectivity index (χ3n) is 1.83. The molecule has 1 rings (SSSR count). The largest absolute Gasteiger partial charge is 0.421 e. The first kappa shape index (κ1) is 10.4. The topological polar surface area (TPSA) is 43.4 Å². The van der Waals surface area contributed by atoms with E-state index in [0.29, 0.717) is 5.75 Å². The van der Waals surface area contributed by atoms with Crippen molar-refractivity contribution >= 4 is 11.8 Å². The van der Waals surface area contributed by atoms with E-state index in [1.165, 1.54) is 6.92 Å². The molecule has 0 unspecified atom stereocenters. The molecule has 0 bridgehead atoms.